The van der Waals surface area contributed by atoms with Gasteiger partial charge in [-0.1, -0.05) is 6.92 Å². The molecule has 0 aromatic carbocycles. The number of nitrogens with zero attached hydrogens (tertiary/aromatic N) is 3. The number of pyridine rings is 1. The average Bonchev–Trinajstić information content (AvgIpc) is 2.40. The number of rotatable bonds is 4. The maximum atomic E-state index is 11.1. The summed E-state index contributed by atoms with van der Waals surface area (Å²) in [5.74, 6) is -0.898. The minimum absolute atomic E-state index is 0.315. The van der Waals surface area contributed by atoms with Crippen LogP contribution in [-0.2, 0) is 6.54 Å². The molecule has 0 saturated carbocycles. The van der Waals surface area contributed by atoms with Crippen LogP contribution < -0.4 is 0 Å². The number of aromatic carboxylic acids is 1. The molecule has 18 heavy (non-hydrogen) atoms. The molecule has 1 N–H and O–H groups in total. The second-order valence-corrected chi connectivity index (χ2v) is 4.51. The fourth-order valence-corrected chi connectivity index (χ4v) is 2.23. The molecule has 1 saturated heterocycles. The quantitative estimate of drug-likeness (QED) is 0.860. The number of aromatic nitrogens is 1. The first-order valence-corrected chi connectivity index (χ1v) is 6.32. The standard InChI is InChI=1S/C13H19N3O2/c1-2-15-6-8-16(9-7-15)10-12-11(13(17)18)4-3-5-14-12/h3-5H,2,6-10H2,1H3,(H,17,18). The Morgan fingerprint density at radius 3 is 2.61 bits per heavy atom. The van der Waals surface area contributed by atoms with Crippen LogP contribution >= 0.6 is 0 Å². The average molecular weight is 249 g/mol. The van der Waals surface area contributed by atoms with E-state index in [9.17, 15) is 4.79 Å². The molecule has 1 fully saturated rings. The summed E-state index contributed by atoms with van der Waals surface area (Å²) in [5.41, 5.74) is 0.977. The lowest BCUT2D eigenvalue weighted by Gasteiger charge is -2.33. The van der Waals surface area contributed by atoms with Crippen molar-refractivity contribution in [1.82, 2.24) is 14.8 Å². The molecule has 98 valence electrons. The lowest BCUT2D eigenvalue weighted by atomic mass is 10.1. The lowest BCUT2D eigenvalue weighted by molar-refractivity contribution is 0.0692. The number of carbonyl (C=O) groups is 1. The third-order valence-electron chi connectivity index (χ3n) is 3.41. The molecule has 5 heteroatoms. The number of carboxylic acids is 1. The fourth-order valence-electron chi connectivity index (χ4n) is 2.23. The molecule has 0 bridgehead atoms. The normalized spacial score (nSPS) is 17.8. The number of hydrogen-bond donors (Lipinski definition) is 1. The highest BCUT2D eigenvalue weighted by Gasteiger charge is 2.18. The predicted molar refractivity (Wildman–Crippen MR) is 68.6 cm³/mol. The molecule has 1 aromatic heterocycles. The Balaban J connectivity index is 2.00. The number of piperazine rings is 1. The summed E-state index contributed by atoms with van der Waals surface area (Å²) in [4.78, 5) is 20.0. The fraction of sp³-hybridized carbons (Fsp3) is 0.538. The van der Waals surface area contributed by atoms with E-state index in [0.29, 0.717) is 17.8 Å². The van der Waals surface area contributed by atoms with Crippen molar-refractivity contribution in [2.45, 2.75) is 13.5 Å². The molecule has 5 nitrogen and oxygen atoms in total. The third kappa shape index (κ3) is 3.05. The first kappa shape index (κ1) is 13.0. The summed E-state index contributed by atoms with van der Waals surface area (Å²) < 4.78 is 0. The Labute approximate surface area is 107 Å². The minimum Gasteiger partial charge on any atom is -0.478 e. The molecule has 0 radical (unpaired) electrons. The number of likely N-dealkylation sites (N-methyl/N-ethyl adjacent to an activating group) is 1. The molecule has 0 aliphatic carbocycles. The monoisotopic (exact) mass is 249 g/mol. The molecule has 0 amide bonds. The highest BCUT2D eigenvalue weighted by atomic mass is 16.4. The first-order chi connectivity index (χ1) is 8.70. The molecule has 1 aromatic rings. The Kier molecular flexibility index (Phi) is 4.28. The summed E-state index contributed by atoms with van der Waals surface area (Å²) in [5, 5.41) is 9.11. The van der Waals surface area contributed by atoms with Gasteiger partial charge in [0.1, 0.15) is 0 Å². The predicted octanol–water partition coefficient (Wildman–Crippen LogP) is 0.917. The van der Waals surface area contributed by atoms with Crippen LogP contribution in [0, 0.1) is 0 Å². The van der Waals surface area contributed by atoms with Crippen molar-refractivity contribution in [3.05, 3.63) is 29.6 Å². The zero-order chi connectivity index (χ0) is 13.0. The van der Waals surface area contributed by atoms with E-state index in [4.69, 9.17) is 5.11 Å². The molecular weight excluding hydrogens is 230 g/mol. The zero-order valence-corrected chi connectivity index (χ0v) is 10.7. The van der Waals surface area contributed by atoms with Crippen molar-refractivity contribution in [3.63, 3.8) is 0 Å². The Morgan fingerprint density at radius 1 is 1.33 bits per heavy atom. The van der Waals surface area contributed by atoms with Gasteiger partial charge < -0.3 is 10.0 Å². The zero-order valence-electron chi connectivity index (χ0n) is 10.7. The van der Waals surface area contributed by atoms with Gasteiger partial charge in [-0.15, -0.1) is 0 Å². The van der Waals surface area contributed by atoms with E-state index in [1.54, 1.807) is 18.3 Å². The van der Waals surface area contributed by atoms with Crippen molar-refractivity contribution in [3.8, 4) is 0 Å². The molecule has 1 aliphatic heterocycles. The van der Waals surface area contributed by atoms with Crippen LogP contribution in [0.2, 0.25) is 0 Å². The van der Waals surface area contributed by atoms with Crippen LogP contribution in [0.5, 0.6) is 0 Å². The van der Waals surface area contributed by atoms with Crippen LogP contribution in [0.3, 0.4) is 0 Å². The van der Waals surface area contributed by atoms with E-state index in [2.05, 4.69) is 21.7 Å². The molecule has 2 heterocycles. The van der Waals surface area contributed by atoms with Crippen LogP contribution in [0.1, 0.15) is 23.0 Å². The van der Waals surface area contributed by atoms with Gasteiger partial charge in [0.2, 0.25) is 0 Å². The smallest absolute Gasteiger partial charge is 0.337 e. The van der Waals surface area contributed by atoms with Gasteiger partial charge in [0, 0.05) is 38.9 Å². The molecule has 1 aliphatic rings. The van der Waals surface area contributed by atoms with Crippen molar-refractivity contribution in [2.24, 2.45) is 0 Å². The van der Waals surface area contributed by atoms with Gasteiger partial charge in [0.15, 0.2) is 0 Å². The van der Waals surface area contributed by atoms with Crippen LogP contribution in [0.4, 0.5) is 0 Å². The third-order valence-corrected chi connectivity index (χ3v) is 3.41. The van der Waals surface area contributed by atoms with Gasteiger partial charge in [-0.3, -0.25) is 9.88 Å². The lowest BCUT2D eigenvalue weighted by Crippen LogP contribution is -2.45. The van der Waals surface area contributed by atoms with E-state index in [1.807, 2.05) is 0 Å². The van der Waals surface area contributed by atoms with Gasteiger partial charge in [0.25, 0.3) is 0 Å². The minimum atomic E-state index is -0.898. The van der Waals surface area contributed by atoms with Crippen molar-refractivity contribution in [1.29, 1.82) is 0 Å². The maximum Gasteiger partial charge on any atom is 0.337 e. The van der Waals surface area contributed by atoms with Gasteiger partial charge in [-0.25, -0.2) is 4.79 Å². The van der Waals surface area contributed by atoms with E-state index >= 15 is 0 Å². The van der Waals surface area contributed by atoms with Crippen LogP contribution in [-0.4, -0.2) is 58.6 Å². The molecule has 0 atom stereocenters. The van der Waals surface area contributed by atoms with Crippen LogP contribution in [0.15, 0.2) is 18.3 Å². The second-order valence-electron chi connectivity index (χ2n) is 4.51. The summed E-state index contributed by atoms with van der Waals surface area (Å²) >= 11 is 0. The summed E-state index contributed by atoms with van der Waals surface area (Å²) in [7, 11) is 0. The number of hydrogen-bond acceptors (Lipinski definition) is 4. The van der Waals surface area contributed by atoms with Gasteiger partial charge in [0.05, 0.1) is 11.3 Å². The van der Waals surface area contributed by atoms with Crippen molar-refractivity contribution in [2.75, 3.05) is 32.7 Å². The van der Waals surface area contributed by atoms with Crippen molar-refractivity contribution >= 4 is 5.97 Å². The van der Waals surface area contributed by atoms with Gasteiger partial charge in [-0.2, -0.15) is 0 Å². The van der Waals surface area contributed by atoms with E-state index in [0.717, 1.165) is 32.7 Å². The van der Waals surface area contributed by atoms with Crippen molar-refractivity contribution < 1.29 is 9.90 Å². The topological polar surface area (TPSA) is 56.7 Å². The van der Waals surface area contributed by atoms with Gasteiger partial charge >= 0.3 is 5.97 Å². The summed E-state index contributed by atoms with van der Waals surface area (Å²) in [6, 6.07) is 3.29. The maximum absolute atomic E-state index is 11.1. The van der Waals surface area contributed by atoms with E-state index in [1.165, 1.54) is 0 Å². The van der Waals surface area contributed by atoms with Crippen LogP contribution in [0.25, 0.3) is 0 Å². The molecular formula is C13H19N3O2. The number of carboxylic acid groups (broad SMARTS) is 1. The van der Waals surface area contributed by atoms with E-state index < -0.39 is 5.97 Å². The van der Waals surface area contributed by atoms with E-state index in [-0.39, 0.29) is 0 Å². The molecule has 2 rings (SSSR count). The molecule has 0 unspecified atom stereocenters. The molecule has 0 spiro atoms. The Morgan fingerprint density at radius 2 is 2.00 bits per heavy atom. The summed E-state index contributed by atoms with van der Waals surface area (Å²) in [6.07, 6.45) is 1.66. The highest BCUT2D eigenvalue weighted by molar-refractivity contribution is 5.88. The largest absolute Gasteiger partial charge is 0.478 e. The second kappa shape index (κ2) is 5.93. The SMILES string of the molecule is CCN1CCN(Cc2ncccc2C(=O)O)CC1. The first-order valence-electron chi connectivity index (χ1n) is 6.32. The van der Waals surface area contributed by atoms with Gasteiger partial charge in [-0.05, 0) is 18.7 Å². The Bertz CT molecular complexity index is 414. The highest BCUT2D eigenvalue weighted by Crippen LogP contribution is 2.11. The summed E-state index contributed by atoms with van der Waals surface area (Å²) in [6.45, 7) is 7.92. The Hall–Kier alpha value is -1.46.